The first-order valence-electron chi connectivity index (χ1n) is 13.2. The third-order valence-electron chi connectivity index (χ3n) is 6.80. The summed E-state index contributed by atoms with van der Waals surface area (Å²) in [5.74, 6) is 0.255. The average Bonchev–Trinajstić information content (AvgIpc) is 2.89. The first-order chi connectivity index (χ1) is 17.8. The molecular weight excluding hydrogens is 465 g/mol. The molecule has 3 aromatic rings. The van der Waals surface area contributed by atoms with Crippen LogP contribution in [0.4, 0.5) is 4.39 Å². The number of carbonyl (C=O) groups is 1. The number of hydrogen-bond donors (Lipinski definition) is 2. The fraction of sp³-hybridized carbons (Fsp3) is 0.387. The Balaban J connectivity index is 0.000000213. The molecule has 0 aromatic heterocycles. The van der Waals surface area contributed by atoms with Crippen LogP contribution in [-0.2, 0) is 13.0 Å². The molecule has 1 amide bonds. The third-order valence-corrected chi connectivity index (χ3v) is 6.80. The van der Waals surface area contributed by atoms with Crippen LogP contribution in [0.15, 0.2) is 72.8 Å². The highest BCUT2D eigenvalue weighted by Crippen LogP contribution is 2.17. The number of nitrogens with one attached hydrogen (secondary N) is 1. The van der Waals surface area contributed by atoms with Gasteiger partial charge in [0.15, 0.2) is 0 Å². The lowest BCUT2D eigenvalue weighted by Gasteiger charge is -2.37. The van der Waals surface area contributed by atoms with Gasteiger partial charge in [0.1, 0.15) is 11.6 Å². The molecule has 198 valence electrons. The number of hydrogen-bond acceptors (Lipinski definition) is 4. The number of amides is 1. The summed E-state index contributed by atoms with van der Waals surface area (Å²) in [5, 5.41) is 12.9. The van der Waals surface area contributed by atoms with Crippen molar-refractivity contribution in [3.63, 3.8) is 0 Å². The lowest BCUT2D eigenvalue weighted by atomic mass is 10.0. The van der Waals surface area contributed by atoms with Gasteiger partial charge in [-0.3, -0.25) is 9.69 Å². The van der Waals surface area contributed by atoms with Crippen LogP contribution < -0.4 is 5.32 Å². The van der Waals surface area contributed by atoms with Crippen LogP contribution in [0.2, 0.25) is 0 Å². The molecule has 0 aliphatic carbocycles. The Hall–Kier alpha value is -3.22. The molecule has 0 bridgehead atoms. The molecule has 0 saturated carbocycles. The molecule has 0 radical (unpaired) electrons. The molecule has 4 rings (SSSR count). The number of rotatable bonds is 7. The summed E-state index contributed by atoms with van der Waals surface area (Å²) in [6.45, 7) is 12.4. The van der Waals surface area contributed by atoms with Crippen LogP contribution >= 0.6 is 0 Å². The fourth-order valence-electron chi connectivity index (χ4n) is 4.52. The van der Waals surface area contributed by atoms with E-state index in [0.29, 0.717) is 18.6 Å². The van der Waals surface area contributed by atoms with Crippen molar-refractivity contribution in [3.05, 3.63) is 101 Å². The fourth-order valence-corrected chi connectivity index (χ4v) is 4.52. The Kier molecular flexibility index (Phi) is 10.7. The zero-order valence-corrected chi connectivity index (χ0v) is 22.5. The van der Waals surface area contributed by atoms with E-state index in [9.17, 15) is 14.3 Å². The summed E-state index contributed by atoms with van der Waals surface area (Å²) in [6.07, 6.45) is 0.744. The van der Waals surface area contributed by atoms with Crippen molar-refractivity contribution >= 4 is 5.91 Å². The summed E-state index contributed by atoms with van der Waals surface area (Å²) < 4.78 is 13.5. The van der Waals surface area contributed by atoms with Gasteiger partial charge >= 0.3 is 0 Å². The van der Waals surface area contributed by atoms with Crippen molar-refractivity contribution < 1.29 is 14.3 Å². The van der Waals surface area contributed by atoms with Gasteiger partial charge in [-0.05, 0) is 75.6 Å². The third kappa shape index (κ3) is 8.41. The highest BCUT2D eigenvalue weighted by Gasteiger charge is 2.22. The molecule has 1 heterocycles. The second-order valence-electron chi connectivity index (χ2n) is 9.70. The van der Waals surface area contributed by atoms with Crippen LogP contribution in [0.3, 0.4) is 0 Å². The van der Waals surface area contributed by atoms with E-state index in [1.54, 1.807) is 18.2 Å². The van der Waals surface area contributed by atoms with E-state index in [4.69, 9.17) is 0 Å². The number of benzene rings is 3. The lowest BCUT2D eigenvalue weighted by molar-refractivity contribution is 0.0773. The van der Waals surface area contributed by atoms with Gasteiger partial charge in [-0.1, -0.05) is 42.5 Å². The number of phenolic OH excluding ortho intramolecular Hbond substituents is 1. The van der Waals surface area contributed by atoms with E-state index in [1.807, 2.05) is 67.3 Å². The number of phenols is 1. The second kappa shape index (κ2) is 13.9. The SMILES string of the molecule is CCN(CC)C(=O)c1ccc(Cc2cccc(O)c2)cc1.C[C@@H]1CN[C@@H](C)CN1Cc1ccccc1F. The molecule has 0 spiro atoms. The molecule has 3 aromatic carbocycles. The number of carbonyl (C=O) groups excluding carboxylic acids is 1. The van der Waals surface area contributed by atoms with Gasteiger partial charge in [0.2, 0.25) is 0 Å². The van der Waals surface area contributed by atoms with Gasteiger partial charge in [-0.15, -0.1) is 0 Å². The molecular formula is C31H40FN3O2. The Bertz CT molecular complexity index is 1130. The first kappa shape index (κ1) is 28.4. The molecule has 37 heavy (non-hydrogen) atoms. The molecule has 2 atom stereocenters. The minimum absolute atomic E-state index is 0.0731. The van der Waals surface area contributed by atoms with Crippen molar-refractivity contribution in [1.82, 2.24) is 15.1 Å². The Labute approximate surface area is 220 Å². The molecule has 1 saturated heterocycles. The Morgan fingerprint density at radius 1 is 1.00 bits per heavy atom. The average molecular weight is 506 g/mol. The largest absolute Gasteiger partial charge is 0.508 e. The van der Waals surface area contributed by atoms with Gasteiger partial charge in [-0.2, -0.15) is 0 Å². The second-order valence-corrected chi connectivity index (χ2v) is 9.70. The normalized spacial score (nSPS) is 17.5. The zero-order valence-electron chi connectivity index (χ0n) is 22.5. The standard InChI is InChI=1S/C18H21NO2.C13H19FN2/c1-3-19(4-2)18(21)16-10-8-14(9-11-16)12-15-6-5-7-17(20)13-15;1-10-8-16(11(2)7-15-10)9-12-5-3-4-6-13(12)14/h5-11,13,20H,3-4,12H2,1-2H3;3-6,10-11,15H,7-9H2,1-2H3/t;10-,11+/m.0/s1. The van der Waals surface area contributed by atoms with Gasteiger partial charge in [0.25, 0.3) is 5.91 Å². The number of nitrogens with zero attached hydrogens (tertiary/aromatic N) is 2. The van der Waals surface area contributed by atoms with Crippen molar-refractivity contribution in [2.24, 2.45) is 0 Å². The highest BCUT2D eigenvalue weighted by atomic mass is 19.1. The van der Waals surface area contributed by atoms with Crippen molar-refractivity contribution in [2.45, 2.75) is 52.7 Å². The predicted molar refractivity (Wildman–Crippen MR) is 148 cm³/mol. The van der Waals surface area contributed by atoms with Gasteiger partial charge < -0.3 is 15.3 Å². The van der Waals surface area contributed by atoms with E-state index in [0.717, 1.165) is 54.9 Å². The predicted octanol–water partition coefficient (Wildman–Crippen LogP) is 5.47. The minimum atomic E-state index is -0.0964. The smallest absolute Gasteiger partial charge is 0.253 e. The first-order valence-corrected chi connectivity index (χ1v) is 13.2. The van der Waals surface area contributed by atoms with E-state index in [1.165, 1.54) is 6.07 Å². The monoisotopic (exact) mass is 505 g/mol. The van der Waals surface area contributed by atoms with Crippen LogP contribution in [0, 0.1) is 5.82 Å². The number of aromatic hydroxyl groups is 1. The highest BCUT2D eigenvalue weighted by molar-refractivity contribution is 5.94. The molecule has 0 unspecified atom stereocenters. The molecule has 1 fully saturated rings. The quantitative estimate of drug-likeness (QED) is 0.447. The molecule has 5 nitrogen and oxygen atoms in total. The Morgan fingerprint density at radius 2 is 1.70 bits per heavy atom. The topological polar surface area (TPSA) is 55.8 Å². The molecule has 2 N–H and O–H groups in total. The summed E-state index contributed by atoms with van der Waals surface area (Å²) in [5.41, 5.74) is 3.69. The van der Waals surface area contributed by atoms with Gasteiger partial charge in [0, 0.05) is 55.9 Å². The summed E-state index contributed by atoms with van der Waals surface area (Å²) >= 11 is 0. The summed E-state index contributed by atoms with van der Waals surface area (Å²) in [6, 6.07) is 22.9. The van der Waals surface area contributed by atoms with Crippen LogP contribution in [0.25, 0.3) is 0 Å². The summed E-state index contributed by atoms with van der Waals surface area (Å²) in [4.78, 5) is 16.4. The number of piperazine rings is 1. The van der Waals surface area contributed by atoms with E-state index in [-0.39, 0.29) is 17.5 Å². The van der Waals surface area contributed by atoms with Gasteiger partial charge in [-0.25, -0.2) is 4.39 Å². The van der Waals surface area contributed by atoms with Crippen LogP contribution in [0.5, 0.6) is 5.75 Å². The van der Waals surface area contributed by atoms with Crippen molar-refractivity contribution in [2.75, 3.05) is 26.2 Å². The molecule has 6 heteroatoms. The molecule has 1 aliphatic rings. The number of halogens is 1. The van der Waals surface area contributed by atoms with E-state index < -0.39 is 0 Å². The van der Waals surface area contributed by atoms with Gasteiger partial charge in [0.05, 0.1) is 0 Å². The maximum absolute atomic E-state index is 13.5. The minimum Gasteiger partial charge on any atom is -0.508 e. The Morgan fingerprint density at radius 3 is 2.35 bits per heavy atom. The summed E-state index contributed by atoms with van der Waals surface area (Å²) in [7, 11) is 0. The molecule has 1 aliphatic heterocycles. The lowest BCUT2D eigenvalue weighted by Crippen LogP contribution is -2.53. The zero-order chi connectivity index (χ0) is 26.8. The van der Waals surface area contributed by atoms with E-state index in [2.05, 4.69) is 24.1 Å². The van der Waals surface area contributed by atoms with Crippen molar-refractivity contribution in [3.8, 4) is 5.75 Å². The maximum Gasteiger partial charge on any atom is 0.253 e. The maximum atomic E-state index is 13.5. The van der Waals surface area contributed by atoms with E-state index >= 15 is 0 Å². The van der Waals surface area contributed by atoms with Crippen molar-refractivity contribution in [1.29, 1.82) is 0 Å². The van der Waals surface area contributed by atoms with Crippen LogP contribution in [-0.4, -0.2) is 59.1 Å². The van der Waals surface area contributed by atoms with Crippen LogP contribution in [0.1, 0.15) is 54.7 Å².